The maximum absolute atomic E-state index is 10.5. The van der Waals surface area contributed by atoms with Crippen molar-refractivity contribution in [2.45, 2.75) is 19.4 Å². The van der Waals surface area contributed by atoms with Gasteiger partial charge in [0.2, 0.25) is 0 Å². The van der Waals surface area contributed by atoms with Crippen molar-refractivity contribution in [3.63, 3.8) is 0 Å². The summed E-state index contributed by atoms with van der Waals surface area (Å²) in [6.07, 6.45) is 1.34. The van der Waals surface area contributed by atoms with Gasteiger partial charge in [0.1, 0.15) is 5.75 Å². The number of nitrogens with zero attached hydrogens (tertiary/aromatic N) is 1. The highest BCUT2D eigenvalue weighted by atomic mass is 16.5. The number of pyridine rings is 1. The van der Waals surface area contributed by atoms with Gasteiger partial charge in [-0.2, -0.15) is 0 Å². The van der Waals surface area contributed by atoms with Crippen molar-refractivity contribution < 1.29 is 14.6 Å². The van der Waals surface area contributed by atoms with E-state index in [1.165, 1.54) is 13.1 Å². The fraction of sp³-hybridized carbons (Fsp3) is 0.400. The highest BCUT2D eigenvalue weighted by Gasteiger charge is 2.12. The van der Waals surface area contributed by atoms with E-state index < -0.39 is 12.1 Å². The van der Waals surface area contributed by atoms with Crippen molar-refractivity contribution in [3.05, 3.63) is 24.0 Å². The lowest BCUT2D eigenvalue weighted by Crippen LogP contribution is -2.22. The van der Waals surface area contributed by atoms with Gasteiger partial charge >= 0.3 is 5.97 Å². The van der Waals surface area contributed by atoms with Crippen LogP contribution in [0.15, 0.2) is 18.3 Å². The SMILES string of the molecule is CC(Oc1ccc(CCN)nc1)C(=O)O. The van der Waals surface area contributed by atoms with Crippen LogP contribution in [0.4, 0.5) is 0 Å². The molecule has 0 aliphatic rings. The predicted molar refractivity (Wildman–Crippen MR) is 54.7 cm³/mol. The van der Waals surface area contributed by atoms with Crippen molar-refractivity contribution in [2.24, 2.45) is 5.73 Å². The summed E-state index contributed by atoms with van der Waals surface area (Å²) >= 11 is 0. The second-order valence-electron chi connectivity index (χ2n) is 3.12. The fourth-order valence-electron chi connectivity index (χ4n) is 1.03. The first-order valence-corrected chi connectivity index (χ1v) is 4.68. The van der Waals surface area contributed by atoms with E-state index in [9.17, 15) is 4.79 Å². The third kappa shape index (κ3) is 3.55. The molecule has 0 aromatic carbocycles. The minimum atomic E-state index is -0.999. The second kappa shape index (κ2) is 5.31. The molecule has 1 rings (SSSR count). The molecule has 0 aliphatic heterocycles. The summed E-state index contributed by atoms with van der Waals surface area (Å²) in [5.74, 6) is -0.549. The van der Waals surface area contributed by atoms with Gasteiger partial charge in [-0.25, -0.2) is 4.79 Å². The molecular formula is C10H14N2O3. The molecular weight excluding hydrogens is 196 g/mol. The van der Waals surface area contributed by atoms with Crippen molar-refractivity contribution in [1.29, 1.82) is 0 Å². The lowest BCUT2D eigenvalue weighted by Gasteiger charge is -2.09. The number of aliphatic carboxylic acids is 1. The fourth-order valence-corrected chi connectivity index (χ4v) is 1.03. The molecule has 1 atom stereocenters. The Balaban J connectivity index is 2.60. The van der Waals surface area contributed by atoms with E-state index in [1.807, 2.05) is 0 Å². The Morgan fingerprint density at radius 1 is 1.67 bits per heavy atom. The van der Waals surface area contributed by atoms with Crippen LogP contribution >= 0.6 is 0 Å². The molecule has 1 aromatic rings. The van der Waals surface area contributed by atoms with Crippen molar-refractivity contribution >= 4 is 5.97 Å². The molecule has 0 amide bonds. The average Bonchev–Trinajstić information content (AvgIpc) is 2.21. The first-order chi connectivity index (χ1) is 7.13. The summed E-state index contributed by atoms with van der Waals surface area (Å²) < 4.78 is 5.12. The van der Waals surface area contributed by atoms with Crippen LogP contribution in [0.2, 0.25) is 0 Å². The number of nitrogens with two attached hydrogens (primary N) is 1. The molecule has 0 bridgehead atoms. The molecule has 1 heterocycles. The van der Waals surface area contributed by atoms with E-state index in [-0.39, 0.29) is 0 Å². The zero-order valence-electron chi connectivity index (χ0n) is 8.51. The van der Waals surface area contributed by atoms with Gasteiger partial charge in [0, 0.05) is 12.1 Å². The third-order valence-electron chi connectivity index (χ3n) is 1.86. The molecule has 15 heavy (non-hydrogen) atoms. The summed E-state index contributed by atoms with van der Waals surface area (Å²) in [5, 5.41) is 8.62. The minimum absolute atomic E-state index is 0.450. The molecule has 0 saturated carbocycles. The van der Waals surface area contributed by atoms with Crippen LogP contribution < -0.4 is 10.5 Å². The number of hydrogen-bond donors (Lipinski definition) is 2. The Morgan fingerprint density at radius 3 is 2.87 bits per heavy atom. The minimum Gasteiger partial charge on any atom is -0.479 e. The highest BCUT2D eigenvalue weighted by Crippen LogP contribution is 2.11. The summed E-state index contributed by atoms with van der Waals surface area (Å²) in [6.45, 7) is 2.01. The molecule has 3 N–H and O–H groups in total. The first kappa shape index (κ1) is 11.5. The Hall–Kier alpha value is -1.62. The Morgan fingerprint density at radius 2 is 2.40 bits per heavy atom. The number of aromatic nitrogens is 1. The summed E-state index contributed by atoms with van der Waals surface area (Å²) in [5.41, 5.74) is 6.24. The van der Waals surface area contributed by atoms with Crippen molar-refractivity contribution in [1.82, 2.24) is 4.98 Å². The molecule has 0 aliphatic carbocycles. The smallest absolute Gasteiger partial charge is 0.344 e. The summed E-state index contributed by atoms with van der Waals surface area (Å²) in [7, 11) is 0. The normalized spacial score (nSPS) is 12.1. The summed E-state index contributed by atoms with van der Waals surface area (Å²) in [6, 6.07) is 3.47. The first-order valence-electron chi connectivity index (χ1n) is 4.68. The Kier molecular flexibility index (Phi) is 4.05. The standard InChI is InChI=1S/C10H14N2O3/c1-7(10(13)14)15-9-3-2-8(4-5-11)12-6-9/h2-3,6-7H,4-5,11H2,1H3,(H,13,14). The maximum Gasteiger partial charge on any atom is 0.344 e. The van der Waals surface area contributed by atoms with E-state index in [0.29, 0.717) is 18.7 Å². The zero-order valence-corrected chi connectivity index (χ0v) is 8.51. The lowest BCUT2D eigenvalue weighted by atomic mass is 10.3. The van der Waals surface area contributed by atoms with Crippen LogP contribution in [0.25, 0.3) is 0 Å². The van der Waals surface area contributed by atoms with Crippen LogP contribution in [0, 0.1) is 0 Å². The molecule has 5 heteroatoms. The van der Waals surface area contributed by atoms with E-state index in [0.717, 1.165) is 5.69 Å². The number of carbonyl (C=O) groups is 1. The number of ether oxygens (including phenoxy) is 1. The van der Waals surface area contributed by atoms with E-state index in [2.05, 4.69) is 4.98 Å². The van der Waals surface area contributed by atoms with Crippen LogP contribution in [-0.2, 0) is 11.2 Å². The van der Waals surface area contributed by atoms with Gasteiger partial charge in [0.25, 0.3) is 0 Å². The van der Waals surface area contributed by atoms with Gasteiger partial charge in [0.15, 0.2) is 6.10 Å². The predicted octanol–water partition coefficient (Wildman–Crippen LogP) is 0.435. The Labute approximate surface area is 87.9 Å². The van der Waals surface area contributed by atoms with Crippen LogP contribution in [0.1, 0.15) is 12.6 Å². The average molecular weight is 210 g/mol. The molecule has 5 nitrogen and oxygen atoms in total. The van der Waals surface area contributed by atoms with E-state index in [1.54, 1.807) is 12.1 Å². The van der Waals surface area contributed by atoms with E-state index >= 15 is 0 Å². The molecule has 0 fully saturated rings. The van der Waals surface area contributed by atoms with Crippen molar-refractivity contribution in [3.8, 4) is 5.75 Å². The monoisotopic (exact) mass is 210 g/mol. The topological polar surface area (TPSA) is 85.4 Å². The quantitative estimate of drug-likeness (QED) is 0.736. The molecule has 1 unspecified atom stereocenters. The maximum atomic E-state index is 10.5. The van der Waals surface area contributed by atoms with Crippen LogP contribution in [0.3, 0.4) is 0 Å². The van der Waals surface area contributed by atoms with Crippen LogP contribution in [0.5, 0.6) is 5.75 Å². The Bertz CT molecular complexity index is 324. The van der Waals surface area contributed by atoms with Gasteiger partial charge in [-0.3, -0.25) is 4.98 Å². The van der Waals surface area contributed by atoms with Gasteiger partial charge in [-0.05, 0) is 25.6 Å². The van der Waals surface area contributed by atoms with Gasteiger partial charge in [-0.15, -0.1) is 0 Å². The second-order valence-corrected chi connectivity index (χ2v) is 3.12. The number of rotatable bonds is 5. The molecule has 82 valence electrons. The summed E-state index contributed by atoms with van der Waals surface area (Å²) in [4.78, 5) is 14.6. The molecule has 0 saturated heterocycles. The van der Waals surface area contributed by atoms with Crippen molar-refractivity contribution in [2.75, 3.05) is 6.54 Å². The molecule has 0 radical (unpaired) electrons. The number of carboxylic acids is 1. The number of hydrogen-bond acceptors (Lipinski definition) is 4. The van der Waals surface area contributed by atoms with Gasteiger partial charge < -0.3 is 15.6 Å². The molecule has 0 spiro atoms. The van der Waals surface area contributed by atoms with E-state index in [4.69, 9.17) is 15.6 Å². The largest absolute Gasteiger partial charge is 0.479 e. The highest BCUT2D eigenvalue weighted by molar-refractivity contribution is 5.72. The van der Waals surface area contributed by atoms with Gasteiger partial charge in [0.05, 0.1) is 6.20 Å². The molecule has 1 aromatic heterocycles. The third-order valence-corrected chi connectivity index (χ3v) is 1.86. The lowest BCUT2D eigenvalue weighted by molar-refractivity contribution is -0.144. The van der Waals surface area contributed by atoms with Gasteiger partial charge in [-0.1, -0.05) is 0 Å². The van der Waals surface area contributed by atoms with Crippen LogP contribution in [-0.4, -0.2) is 28.7 Å². The zero-order chi connectivity index (χ0) is 11.3. The number of carboxylic acid groups (broad SMARTS) is 1.